The number of aliphatic imine (C=N–C) groups is 1. The van der Waals surface area contributed by atoms with Crippen LogP contribution in [0.3, 0.4) is 0 Å². The number of para-hydroxylation sites is 1. The van der Waals surface area contributed by atoms with E-state index in [0.717, 1.165) is 22.5 Å². The fourth-order valence-electron chi connectivity index (χ4n) is 5.46. The molecule has 3 aliphatic rings. The number of benzene rings is 3. The fraction of sp³-hybridized carbons (Fsp3) is 0.138. The van der Waals surface area contributed by atoms with E-state index < -0.39 is 5.92 Å². The minimum absolute atomic E-state index is 0.00313. The number of nitrogens with two attached hydrogens (primary N) is 1. The zero-order chi connectivity index (χ0) is 24.1. The number of ketones is 1. The van der Waals surface area contributed by atoms with E-state index in [1.807, 2.05) is 59.5 Å². The van der Waals surface area contributed by atoms with Crippen molar-refractivity contribution in [2.75, 3.05) is 4.90 Å². The summed E-state index contributed by atoms with van der Waals surface area (Å²) in [5, 5.41) is 10.3. The first-order valence-corrected chi connectivity index (χ1v) is 11.5. The van der Waals surface area contributed by atoms with E-state index in [4.69, 9.17) is 5.73 Å². The monoisotopic (exact) mass is 460 g/mol. The van der Waals surface area contributed by atoms with Gasteiger partial charge in [0.2, 0.25) is 0 Å². The Balaban J connectivity index is 1.61. The molecule has 1 aliphatic carbocycles. The lowest BCUT2D eigenvalue weighted by Crippen LogP contribution is -2.40. The molecule has 0 unspecified atom stereocenters. The second-order valence-electron chi connectivity index (χ2n) is 8.98. The highest BCUT2D eigenvalue weighted by Crippen LogP contribution is 2.51. The molecule has 0 aromatic heterocycles. The molecule has 35 heavy (non-hydrogen) atoms. The zero-order valence-corrected chi connectivity index (χ0v) is 18.8. The van der Waals surface area contributed by atoms with Crippen LogP contribution in [0.25, 0.3) is 0 Å². The van der Waals surface area contributed by atoms with E-state index in [1.165, 1.54) is 12.1 Å². The van der Waals surface area contributed by atoms with Gasteiger partial charge in [0.15, 0.2) is 11.6 Å². The van der Waals surface area contributed by atoms with Crippen LogP contribution in [0, 0.1) is 17.1 Å². The molecule has 2 atom stereocenters. The summed E-state index contributed by atoms with van der Waals surface area (Å²) in [6.07, 6.45) is 0.949. The lowest BCUT2D eigenvalue weighted by atomic mass is 9.71. The molecule has 5 nitrogen and oxygen atoms in total. The molecule has 0 bridgehead atoms. The number of Topliss-reactive ketones (excluding diaryl/α,β-unsaturated/α-hetero) is 1. The topological polar surface area (TPSA) is 82.5 Å². The highest BCUT2D eigenvalue weighted by molar-refractivity contribution is 6.08. The summed E-state index contributed by atoms with van der Waals surface area (Å²) in [5.41, 5.74) is 11.4. The van der Waals surface area contributed by atoms with Crippen molar-refractivity contribution in [1.82, 2.24) is 0 Å². The molecule has 0 fully saturated rings. The number of amidine groups is 1. The predicted octanol–water partition coefficient (Wildman–Crippen LogP) is 5.28. The van der Waals surface area contributed by atoms with Gasteiger partial charge >= 0.3 is 0 Å². The largest absolute Gasteiger partial charge is 0.383 e. The van der Waals surface area contributed by atoms with Gasteiger partial charge in [0, 0.05) is 23.3 Å². The van der Waals surface area contributed by atoms with Gasteiger partial charge in [-0.25, -0.2) is 9.38 Å². The summed E-state index contributed by atoms with van der Waals surface area (Å²) in [4.78, 5) is 20.4. The number of carbonyl (C=O) groups is 1. The number of hydrogen-bond acceptors (Lipinski definition) is 5. The van der Waals surface area contributed by atoms with Gasteiger partial charge < -0.3 is 5.73 Å². The van der Waals surface area contributed by atoms with Gasteiger partial charge in [-0.3, -0.25) is 9.69 Å². The SMILES string of the molecule is N#CC1=C2N=C(N)c3ccccc3N2C2=C(C(=O)C[C@H](c3ccccc3)C2)[C@@H]1c1ccc(F)cc1. The lowest BCUT2D eigenvalue weighted by Gasteiger charge is -2.43. The molecule has 2 aliphatic heterocycles. The van der Waals surface area contributed by atoms with Crippen LogP contribution >= 0.6 is 0 Å². The maximum Gasteiger partial charge on any atom is 0.162 e. The van der Waals surface area contributed by atoms with Gasteiger partial charge in [-0.05, 0) is 47.7 Å². The van der Waals surface area contributed by atoms with E-state index >= 15 is 0 Å². The number of halogens is 1. The van der Waals surface area contributed by atoms with Gasteiger partial charge in [-0.1, -0.05) is 54.6 Å². The van der Waals surface area contributed by atoms with Crippen molar-refractivity contribution in [2.45, 2.75) is 24.7 Å². The number of nitriles is 1. The van der Waals surface area contributed by atoms with Crippen LogP contribution in [0.5, 0.6) is 0 Å². The number of anilines is 1. The van der Waals surface area contributed by atoms with Crippen LogP contribution in [0.15, 0.2) is 107 Å². The third-order valence-electron chi connectivity index (χ3n) is 7.02. The van der Waals surface area contributed by atoms with Crippen molar-refractivity contribution < 1.29 is 9.18 Å². The Morgan fingerprint density at radius 3 is 2.40 bits per heavy atom. The molecule has 6 heteroatoms. The summed E-state index contributed by atoms with van der Waals surface area (Å²) < 4.78 is 13.8. The molecule has 170 valence electrons. The molecule has 2 N–H and O–H groups in total. The maximum atomic E-state index is 13.8. The van der Waals surface area contributed by atoms with Crippen LogP contribution in [0.2, 0.25) is 0 Å². The number of rotatable bonds is 2. The highest BCUT2D eigenvalue weighted by atomic mass is 19.1. The van der Waals surface area contributed by atoms with E-state index in [0.29, 0.717) is 41.2 Å². The molecule has 0 radical (unpaired) electrons. The minimum Gasteiger partial charge on any atom is -0.383 e. The number of nitrogens with zero attached hydrogens (tertiary/aromatic N) is 3. The second kappa shape index (κ2) is 8.07. The van der Waals surface area contributed by atoms with Crippen LogP contribution in [0.1, 0.15) is 41.4 Å². The van der Waals surface area contributed by atoms with E-state index in [1.54, 1.807) is 12.1 Å². The van der Waals surface area contributed by atoms with Crippen molar-refractivity contribution in [2.24, 2.45) is 10.7 Å². The molecule has 6 rings (SSSR count). The molecule has 0 spiro atoms. The van der Waals surface area contributed by atoms with Gasteiger partial charge in [0.1, 0.15) is 11.7 Å². The lowest BCUT2D eigenvalue weighted by molar-refractivity contribution is -0.116. The molecule has 0 amide bonds. The maximum absolute atomic E-state index is 13.8. The Kier molecular flexibility index (Phi) is 4.85. The predicted molar refractivity (Wildman–Crippen MR) is 132 cm³/mol. The Morgan fingerprint density at radius 2 is 1.66 bits per heavy atom. The highest BCUT2D eigenvalue weighted by Gasteiger charge is 2.45. The zero-order valence-electron chi connectivity index (χ0n) is 18.8. The first-order chi connectivity index (χ1) is 17.1. The van der Waals surface area contributed by atoms with Crippen LogP contribution in [-0.4, -0.2) is 11.6 Å². The fourth-order valence-corrected chi connectivity index (χ4v) is 5.46. The summed E-state index contributed by atoms with van der Waals surface area (Å²) in [7, 11) is 0. The van der Waals surface area contributed by atoms with Gasteiger partial charge in [-0.2, -0.15) is 5.26 Å². The molecule has 0 saturated heterocycles. The molecule has 2 heterocycles. The van der Waals surface area contributed by atoms with Gasteiger partial charge in [-0.15, -0.1) is 0 Å². The molecule has 3 aromatic rings. The van der Waals surface area contributed by atoms with Crippen molar-refractivity contribution in [3.63, 3.8) is 0 Å². The summed E-state index contributed by atoms with van der Waals surface area (Å²) >= 11 is 0. The molecule has 0 saturated carbocycles. The summed E-state index contributed by atoms with van der Waals surface area (Å²) in [6.45, 7) is 0. The standard InChI is InChI=1S/C29H21FN4O/c30-20-12-10-18(11-13-20)26-22(16-31)29-33-28(32)21-8-4-5-9-23(21)34(29)24-14-19(15-25(35)27(24)26)17-6-2-1-3-7-17/h1-13,19,26H,14-15H2,(H2,32,33)/t19-,26-/m1/s1. The number of allylic oxidation sites excluding steroid dienone is 3. The minimum atomic E-state index is -0.632. The third-order valence-corrected chi connectivity index (χ3v) is 7.02. The van der Waals surface area contributed by atoms with Crippen molar-refractivity contribution in [3.8, 4) is 6.07 Å². The van der Waals surface area contributed by atoms with E-state index in [2.05, 4.69) is 11.1 Å². The third kappa shape index (κ3) is 3.28. The second-order valence-corrected chi connectivity index (χ2v) is 8.98. The van der Waals surface area contributed by atoms with Crippen LogP contribution < -0.4 is 10.6 Å². The molecular weight excluding hydrogens is 439 g/mol. The number of fused-ring (bicyclic) bond motifs is 4. The number of carbonyl (C=O) groups excluding carboxylic acids is 1. The first-order valence-electron chi connectivity index (χ1n) is 11.5. The quantitative estimate of drug-likeness (QED) is 0.564. The number of hydrogen-bond donors (Lipinski definition) is 1. The Hall–Kier alpha value is -4.50. The van der Waals surface area contributed by atoms with Crippen molar-refractivity contribution in [1.29, 1.82) is 5.26 Å². The average Bonchev–Trinajstić information content (AvgIpc) is 2.89. The summed E-state index contributed by atoms with van der Waals surface area (Å²) in [5.74, 6) is -0.271. The van der Waals surface area contributed by atoms with Crippen molar-refractivity contribution in [3.05, 3.63) is 124 Å². The molecular formula is C29H21FN4O. The smallest absolute Gasteiger partial charge is 0.162 e. The first kappa shape index (κ1) is 21.1. The Labute approximate surface area is 202 Å². The van der Waals surface area contributed by atoms with Gasteiger partial charge in [0.25, 0.3) is 0 Å². The Bertz CT molecular complexity index is 1500. The average molecular weight is 461 g/mol. The van der Waals surface area contributed by atoms with E-state index in [9.17, 15) is 14.4 Å². The summed E-state index contributed by atoms with van der Waals surface area (Å²) in [6, 6.07) is 25.9. The Morgan fingerprint density at radius 1 is 0.943 bits per heavy atom. The van der Waals surface area contributed by atoms with Crippen molar-refractivity contribution >= 4 is 17.3 Å². The van der Waals surface area contributed by atoms with E-state index in [-0.39, 0.29) is 17.5 Å². The van der Waals surface area contributed by atoms with Crippen LogP contribution in [0.4, 0.5) is 10.1 Å². The normalized spacial score (nSPS) is 21.1. The molecule has 3 aromatic carbocycles. The van der Waals surface area contributed by atoms with Crippen LogP contribution in [-0.2, 0) is 4.79 Å². The van der Waals surface area contributed by atoms with Gasteiger partial charge in [0.05, 0.1) is 23.2 Å².